The van der Waals surface area contributed by atoms with Crippen molar-refractivity contribution in [1.82, 2.24) is 16.0 Å². The summed E-state index contributed by atoms with van der Waals surface area (Å²) < 4.78 is -0.640. The molecule has 2 aromatic rings. The van der Waals surface area contributed by atoms with E-state index in [4.69, 9.17) is 0 Å². The second kappa shape index (κ2) is 9.98. The van der Waals surface area contributed by atoms with E-state index < -0.39 is 28.2 Å². The minimum Gasteiger partial charge on any atom is -0.480 e. The molecule has 1 aliphatic rings. The summed E-state index contributed by atoms with van der Waals surface area (Å²) in [7, 11) is 0. The zero-order valence-electron chi connectivity index (χ0n) is 17.5. The molecule has 164 valence electrons. The van der Waals surface area contributed by atoms with E-state index in [1.165, 1.54) is 11.8 Å². The summed E-state index contributed by atoms with van der Waals surface area (Å²) in [5.74, 6) is -1.65. The van der Waals surface area contributed by atoms with Crippen LogP contribution >= 0.6 is 11.8 Å². The van der Waals surface area contributed by atoms with Gasteiger partial charge >= 0.3 is 5.97 Å². The molecule has 2 amide bonds. The first kappa shape index (κ1) is 22.8. The number of carboxylic acids is 1. The minimum absolute atomic E-state index is 0.131. The maximum atomic E-state index is 13.1. The van der Waals surface area contributed by atoms with Crippen LogP contribution in [0.4, 0.5) is 0 Å². The van der Waals surface area contributed by atoms with Gasteiger partial charge in [-0.2, -0.15) is 0 Å². The van der Waals surface area contributed by atoms with Gasteiger partial charge in [-0.15, -0.1) is 11.8 Å². The molecule has 1 saturated heterocycles. The number of carboxylic acid groups (broad SMARTS) is 1. The molecule has 1 heterocycles. The van der Waals surface area contributed by atoms with E-state index in [0.717, 1.165) is 11.1 Å². The van der Waals surface area contributed by atoms with E-state index in [1.807, 2.05) is 74.5 Å². The summed E-state index contributed by atoms with van der Waals surface area (Å²) in [5, 5.41) is 17.7. The molecule has 0 radical (unpaired) electrons. The number of hydrogen-bond acceptors (Lipinski definition) is 5. The van der Waals surface area contributed by atoms with Gasteiger partial charge in [0.2, 0.25) is 11.8 Å². The Hall–Kier alpha value is -2.84. The molecule has 0 unspecified atom stereocenters. The standard InChI is InChI=1S/C23H27N3O4S/c1-23(2)19(22(29)30)26-21(31-23)18(20(28)24-14-16-11-7-4-8-12-16)25-17(27)13-15-9-5-3-6-10-15/h3-12,18-19,21,26H,13-14H2,1-2H3,(H,24,28)(H,25,27)(H,29,30)/t18-,19+,21-/m1/s1. The van der Waals surface area contributed by atoms with Gasteiger partial charge in [0.15, 0.2) is 0 Å². The Bertz CT molecular complexity index is 921. The Morgan fingerprint density at radius 3 is 2.16 bits per heavy atom. The lowest BCUT2D eigenvalue weighted by atomic mass is 10.0. The first-order chi connectivity index (χ1) is 14.8. The van der Waals surface area contributed by atoms with Crippen LogP contribution in [0, 0.1) is 0 Å². The van der Waals surface area contributed by atoms with Gasteiger partial charge in [-0.05, 0) is 25.0 Å². The zero-order valence-corrected chi connectivity index (χ0v) is 18.3. The predicted molar refractivity (Wildman–Crippen MR) is 120 cm³/mol. The van der Waals surface area contributed by atoms with Crippen LogP contribution in [0.3, 0.4) is 0 Å². The molecule has 0 aromatic heterocycles. The van der Waals surface area contributed by atoms with Crippen LogP contribution in [0.1, 0.15) is 25.0 Å². The summed E-state index contributed by atoms with van der Waals surface area (Å²) in [6.45, 7) is 3.94. The maximum Gasteiger partial charge on any atom is 0.322 e. The van der Waals surface area contributed by atoms with Crippen molar-refractivity contribution < 1.29 is 19.5 Å². The monoisotopic (exact) mass is 441 g/mol. The minimum atomic E-state index is -0.987. The van der Waals surface area contributed by atoms with Crippen molar-refractivity contribution in [2.45, 2.75) is 49.0 Å². The molecule has 0 spiro atoms. The van der Waals surface area contributed by atoms with Crippen molar-refractivity contribution in [3.63, 3.8) is 0 Å². The molecule has 7 nitrogen and oxygen atoms in total. The van der Waals surface area contributed by atoms with Gasteiger partial charge in [-0.1, -0.05) is 60.7 Å². The fraction of sp³-hybridized carbons (Fsp3) is 0.348. The van der Waals surface area contributed by atoms with Crippen LogP contribution in [0.25, 0.3) is 0 Å². The molecular weight excluding hydrogens is 414 g/mol. The van der Waals surface area contributed by atoms with E-state index in [2.05, 4.69) is 16.0 Å². The zero-order chi connectivity index (χ0) is 22.4. The first-order valence-corrected chi connectivity index (χ1v) is 11.0. The van der Waals surface area contributed by atoms with Crippen molar-refractivity contribution in [2.75, 3.05) is 0 Å². The number of aliphatic carboxylic acids is 1. The SMILES string of the molecule is CC1(C)S[C@H]([C@H](NC(=O)Cc2ccccc2)C(=O)NCc2ccccc2)N[C@H]1C(=O)O. The molecule has 1 aliphatic heterocycles. The number of thioether (sulfide) groups is 1. The third-order valence-corrected chi connectivity index (χ3v) is 6.63. The number of nitrogens with one attached hydrogen (secondary N) is 3. The van der Waals surface area contributed by atoms with Crippen LogP contribution in [0.5, 0.6) is 0 Å². The van der Waals surface area contributed by atoms with Crippen LogP contribution in [0.2, 0.25) is 0 Å². The largest absolute Gasteiger partial charge is 0.480 e. The highest BCUT2D eigenvalue weighted by Crippen LogP contribution is 2.39. The second-order valence-electron chi connectivity index (χ2n) is 7.99. The fourth-order valence-corrected chi connectivity index (χ4v) is 5.00. The highest BCUT2D eigenvalue weighted by molar-refractivity contribution is 8.01. The summed E-state index contributed by atoms with van der Waals surface area (Å²) in [5.41, 5.74) is 1.76. The molecule has 0 bridgehead atoms. The van der Waals surface area contributed by atoms with Crippen molar-refractivity contribution in [3.05, 3.63) is 71.8 Å². The highest BCUT2D eigenvalue weighted by Gasteiger charge is 2.49. The summed E-state index contributed by atoms with van der Waals surface area (Å²) in [4.78, 5) is 37.4. The average Bonchev–Trinajstić information content (AvgIpc) is 3.07. The van der Waals surface area contributed by atoms with Crippen LogP contribution in [-0.2, 0) is 27.3 Å². The quantitative estimate of drug-likeness (QED) is 0.499. The maximum absolute atomic E-state index is 13.1. The number of carbonyl (C=O) groups is 3. The fourth-order valence-electron chi connectivity index (χ4n) is 3.51. The van der Waals surface area contributed by atoms with E-state index in [0.29, 0.717) is 6.54 Å². The second-order valence-corrected chi connectivity index (χ2v) is 9.79. The molecule has 0 saturated carbocycles. The van der Waals surface area contributed by atoms with Gasteiger partial charge in [-0.25, -0.2) is 0 Å². The Morgan fingerprint density at radius 1 is 1.03 bits per heavy atom. The van der Waals surface area contributed by atoms with Gasteiger partial charge in [-0.3, -0.25) is 19.7 Å². The molecule has 3 rings (SSSR count). The summed E-state index contributed by atoms with van der Waals surface area (Å²) in [6.07, 6.45) is 0.131. The molecule has 3 atom stereocenters. The Morgan fingerprint density at radius 2 is 1.61 bits per heavy atom. The van der Waals surface area contributed by atoms with Crippen LogP contribution < -0.4 is 16.0 Å². The molecule has 2 aromatic carbocycles. The molecule has 1 fully saturated rings. The lowest BCUT2D eigenvalue weighted by Crippen LogP contribution is -2.57. The predicted octanol–water partition coefficient (Wildman–Crippen LogP) is 1.92. The smallest absolute Gasteiger partial charge is 0.322 e. The number of benzene rings is 2. The van der Waals surface area contributed by atoms with Gasteiger partial charge in [0.25, 0.3) is 0 Å². The number of hydrogen-bond donors (Lipinski definition) is 4. The molecule has 8 heteroatoms. The van der Waals surface area contributed by atoms with Gasteiger partial charge in [0.1, 0.15) is 12.1 Å². The molecular formula is C23H27N3O4S. The Balaban J connectivity index is 1.73. The topological polar surface area (TPSA) is 108 Å². The van der Waals surface area contributed by atoms with Crippen LogP contribution in [0.15, 0.2) is 60.7 Å². The number of rotatable bonds is 8. The lowest BCUT2D eigenvalue weighted by Gasteiger charge is -2.25. The Kier molecular flexibility index (Phi) is 7.35. The molecule has 4 N–H and O–H groups in total. The van der Waals surface area contributed by atoms with Crippen molar-refractivity contribution >= 4 is 29.5 Å². The average molecular weight is 442 g/mol. The first-order valence-electron chi connectivity index (χ1n) is 10.1. The van der Waals surface area contributed by atoms with Crippen molar-refractivity contribution in [1.29, 1.82) is 0 Å². The van der Waals surface area contributed by atoms with E-state index in [-0.39, 0.29) is 18.2 Å². The molecule has 31 heavy (non-hydrogen) atoms. The third-order valence-electron chi connectivity index (χ3n) is 5.12. The summed E-state index contributed by atoms with van der Waals surface area (Å²) in [6, 6.07) is 17.0. The summed E-state index contributed by atoms with van der Waals surface area (Å²) >= 11 is 1.34. The van der Waals surface area contributed by atoms with Crippen LogP contribution in [-0.4, -0.2) is 45.1 Å². The van der Waals surface area contributed by atoms with E-state index in [1.54, 1.807) is 0 Å². The molecule has 0 aliphatic carbocycles. The van der Waals surface area contributed by atoms with Crippen molar-refractivity contribution in [2.24, 2.45) is 0 Å². The van der Waals surface area contributed by atoms with Gasteiger partial charge in [0.05, 0.1) is 11.8 Å². The Labute approximate surface area is 186 Å². The third kappa shape index (κ3) is 6.08. The van der Waals surface area contributed by atoms with Gasteiger partial charge < -0.3 is 15.7 Å². The number of amides is 2. The van der Waals surface area contributed by atoms with Gasteiger partial charge in [0, 0.05) is 11.3 Å². The van der Waals surface area contributed by atoms with E-state index >= 15 is 0 Å². The van der Waals surface area contributed by atoms with E-state index in [9.17, 15) is 19.5 Å². The van der Waals surface area contributed by atoms with Crippen molar-refractivity contribution in [3.8, 4) is 0 Å². The normalized spacial score (nSPS) is 20.6. The lowest BCUT2D eigenvalue weighted by molar-refractivity contribution is -0.140. The number of carbonyl (C=O) groups excluding carboxylic acids is 2. The highest BCUT2D eigenvalue weighted by atomic mass is 32.2.